The van der Waals surface area contributed by atoms with Crippen LogP contribution in [0.4, 0.5) is 0 Å². The smallest absolute Gasteiger partial charge is 0.303 e. The zero-order chi connectivity index (χ0) is 12.8. The molecular weight excluding hydrogens is 246 g/mol. The Hall–Kier alpha value is -1.49. The van der Waals surface area contributed by atoms with Crippen LogP contribution < -0.4 is 5.32 Å². The molecule has 0 saturated heterocycles. The number of hydrogen-bond acceptors (Lipinski definition) is 3. The van der Waals surface area contributed by atoms with Gasteiger partial charge in [0.25, 0.3) is 5.91 Å². The lowest BCUT2D eigenvalue weighted by molar-refractivity contribution is -0.137. The van der Waals surface area contributed by atoms with Crippen molar-refractivity contribution in [3.8, 4) is 0 Å². The Morgan fingerprint density at radius 2 is 2.29 bits per heavy atom. The summed E-state index contributed by atoms with van der Waals surface area (Å²) in [6.07, 6.45) is 2.57. The summed E-state index contributed by atoms with van der Waals surface area (Å²) < 4.78 is 4.81. The first-order chi connectivity index (χ1) is 8.00. The van der Waals surface area contributed by atoms with Gasteiger partial charge in [0.2, 0.25) is 5.22 Å². The maximum atomic E-state index is 11.7. The standard InChI is InChI=1S/C11H14ClNO4/c1-7(3-2-4-9(14)15)13-11(16)8-5-6-17-10(8)12/h5-7H,2-4H2,1H3,(H,13,16)(H,14,15). The van der Waals surface area contributed by atoms with Gasteiger partial charge in [0.05, 0.1) is 11.8 Å². The predicted octanol–water partition coefficient (Wildman–Crippen LogP) is 2.31. The molecule has 5 nitrogen and oxygen atoms in total. The van der Waals surface area contributed by atoms with Gasteiger partial charge in [-0.05, 0) is 37.4 Å². The molecule has 94 valence electrons. The topological polar surface area (TPSA) is 79.5 Å². The van der Waals surface area contributed by atoms with Crippen molar-refractivity contribution in [1.29, 1.82) is 0 Å². The molecule has 1 rings (SSSR count). The van der Waals surface area contributed by atoms with Gasteiger partial charge in [0, 0.05) is 12.5 Å². The number of rotatable bonds is 6. The minimum atomic E-state index is -0.832. The zero-order valence-electron chi connectivity index (χ0n) is 9.40. The monoisotopic (exact) mass is 259 g/mol. The Labute approximate surface area is 104 Å². The van der Waals surface area contributed by atoms with Crippen LogP contribution >= 0.6 is 11.6 Å². The summed E-state index contributed by atoms with van der Waals surface area (Å²) in [6.45, 7) is 1.81. The quantitative estimate of drug-likeness (QED) is 0.822. The second-order valence-electron chi connectivity index (χ2n) is 3.77. The highest BCUT2D eigenvalue weighted by molar-refractivity contribution is 6.32. The first-order valence-corrected chi connectivity index (χ1v) is 5.64. The van der Waals surface area contributed by atoms with Crippen molar-refractivity contribution in [2.24, 2.45) is 0 Å². The van der Waals surface area contributed by atoms with Crippen molar-refractivity contribution in [3.05, 3.63) is 23.1 Å². The summed E-state index contributed by atoms with van der Waals surface area (Å²) in [5.74, 6) is -1.15. The minimum Gasteiger partial charge on any atom is -0.481 e. The molecule has 1 aromatic heterocycles. The molecule has 17 heavy (non-hydrogen) atoms. The average molecular weight is 260 g/mol. The Morgan fingerprint density at radius 3 is 2.82 bits per heavy atom. The minimum absolute atomic E-state index is 0.0558. The summed E-state index contributed by atoms with van der Waals surface area (Å²) in [6, 6.07) is 1.38. The van der Waals surface area contributed by atoms with Gasteiger partial charge in [-0.3, -0.25) is 9.59 Å². The second kappa shape index (κ2) is 6.30. The number of amides is 1. The Kier molecular flexibility index (Phi) is 5.03. The number of carbonyl (C=O) groups excluding carboxylic acids is 1. The van der Waals surface area contributed by atoms with Gasteiger partial charge in [-0.2, -0.15) is 0 Å². The molecule has 0 aliphatic carbocycles. The van der Waals surface area contributed by atoms with E-state index in [1.54, 1.807) is 0 Å². The van der Waals surface area contributed by atoms with Crippen LogP contribution in [0.1, 0.15) is 36.5 Å². The summed E-state index contributed by atoms with van der Waals surface area (Å²) in [4.78, 5) is 22.0. The molecule has 1 atom stereocenters. The fourth-order valence-electron chi connectivity index (χ4n) is 1.39. The highest BCUT2D eigenvalue weighted by atomic mass is 35.5. The highest BCUT2D eigenvalue weighted by Crippen LogP contribution is 2.16. The van der Waals surface area contributed by atoms with Gasteiger partial charge < -0.3 is 14.8 Å². The van der Waals surface area contributed by atoms with Crippen LogP contribution in [0.25, 0.3) is 0 Å². The molecule has 1 heterocycles. The number of carboxylic acids is 1. The van der Waals surface area contributed by atoms with Gasteiger partial charge in [0.1, 0.15) is 0 Å². The molecule has 0 fully saturated rings. The van der Waals surface area contributed by atoms with Crippen molar-refractivity contribution in [2.75, 3.05) is 0 Å². The molecule has 0 aliphatic rings. The molecule has 0 aliphatic heterocycles. The normalized spacial score (nSPS) is 12.1. The first kappa shape index (κ1) is 13.6. The Balaban J connectivity index is 2.36. The zero-order valence-corrected chi connectivity index (χ0v) is 10.2. The molecule has 0 saturated carbocycles. The molecular formula is C11H14ClNO4. The van der Waals surface area contributed by atoms with E-state index in [9.17, 15) is 9.59 Å². The fraction of sp³-hybridized carbons (Fsp3) is 0.455. The van der Waals surface area contributed by atoms with E-state index in [-0.39, 0.29) is 29.2 Å². The lowest BCUT2D eigenvalue weighted by Gasteiger charge is -2.12. The van der Waals surface area contributed by atoms with Gasteiger partial charge in [0.15, 0.2) is 0 Å². The van der Waals surface area contributed by atoms with Gasteiger partial charge >= 0.3 is 5.97 Å². The highest BCUT2D eigenvalue weighted by Gasteiger charge is 2.15. The van der Waals surface area contributed by atoms with Crippen molar-refractivity contribution >= 4 is 23.5 Å². The fourth-order valence-corrected chi connectivity index (χ4v) is 1.59. The lowest BCUT2D eigenvalue weighted by Crippen LogP contribution is -2.32. The molecule has 1 amide bonds. The van der Waals surface area contributed by atoms with E-state index in [2.05, 4.69) is 5.32 Å². The third kappa shape index (κ3) is 4.48. The Bertz CT molecular complexity index is 402. The maximum Gasteiger partial charge on any atom is 0.303 e. The van der Waals surface area contributed by atoms with Crippen LogP contribution in [-0.4, -0.2) is 23.0 Å². The summed E-state index contributed by atoms with van der Waals surface area (Å²) in [5.41, 5.74) is 0.289. The third-order valence-corrected chi connectivity index (χ3v) is 2.56. The molecule has 1 unspecified atom stereocenters. The number of aliphatic carboxylic acids is 1. The number of nitrogens with one attached hydrogen (secondary N) is 1. The first-order valence-electron chi connectivity index (χ1n) is 5.26. The number of halogens is 1. The van der Waals surface area contributed by atoms with Crippen molar-refractivity contribution in [1.82, 2.24) is 5.32 Å². The SMILES string of the molecule is CC(CCCC(=O)O)NC(=O)c1ccoc1Cl. The summed E-state index contributed by atoms with van der Waals surface area (Å²) >= 11 is 5.66. The van der Waals surface area contributed by atoms with E-state index >= 15 is 0 Å². The van der Waals surface area contributed by atoms with Crippen LogP contribution in [0.5, 0.6) is 0 Å². The van der Waals surface area contributed by atoms with Crippen molar-refractivity contribution in [2.45, 2.75) is 32.2 Å². The van der Waals surface area contributed by atoms with Crippen molar-refractivity contribution in [3.63, 3.8) is 0 Å². The Morgan fingerprint density at radius 1 is 1.59 bits per heavy atom. The molecule has 1 aromatic rings. The number of hydrogen-bond donors (Lipinski definition) is 2. The third-order valence-electron chi connectivity index (χ3n) is 2.27. The van der Waals surface area contributed by atoms with E-state index in [0.717, 1.165) is 0 Å². The van der Waals surface area contributed by atoms with E-state index in [4.69, 9.17) is 21.1 Å². The largest absolute Gasteiger partial charge is 0.481 e. The summed E-state index contributed by atoms with van der Waals surface area (Å²) in [5, 5.41) is 11.3. The van der Waals surface area contributed by atoms with E-state index in [1.807, 2.05) is 6.92 Å². The van der Waals surface area contributed by atoms with E-state index in [0.29, 0.717) is 12.8 Å². The number of carboxylic acid groups (broad SMARTS) is 1. The van der Waals surface area contributed by atoms with Crippen molar-refractivity contribution < 1.29 is 19.1 Å². The van der Waals surface area contributed by atoms with Gasteiger partial charge in [-0.15, -0.1) is 0 Å². The number of carbonyl (C=O) groups is 2. The molecule has 6 heteroatoms. The molecule has 2 N–H and O–H groups in total. The molecule has 0 bridgehead atoms. The van der Waals surface area contributed by atoms with Crippen LogP contribution in [0.15, 0.2) is 16.7 Å². The van der Waals surface area contributed by atoms with Crippen LogP contribution in [0, 0.1) is 0 Å². The van der Waals surface area contributed by atoms with Crippen LogP contribution in [-0.2, 0) is 4.79 Å². The summed E-state index contributed by atoms with van der Waals surface area (Å²) in [7, 11) is 0. The lowest BCUT2D eigenvalue weighted by atomic mass is 10.1. The van der Waals surface area contributed by atoms with E-state index in [1.165, 1.54) is 12.3 Å². The number of furan rings is 1. The van der Waals surface area contributed by atoms with Gasteiger partial charge in [-0.1, -0.05) is 0 Å². The molecule has 0 radical (unpaired) electrons. The maximum absolute atomic E-state index is 11.7. The van der Waals surface area contributed by atoms with Crippen LogP contribution in [0.2, 0.25) is 5.22 Å². The second-order valence-corrected chi connectivity index (χ2v) is 4.11. The predicted molar refractivity (Wildman–Crippen MR) is 62.1 cm³/mol. The average Bonchev–Trinajstić information content (AvgIpc) is 2.63. The van der Waals surface area contributed by atoms with Gasteiger partial charge in [-0.25, -0.2) is 0 Å². The van der Waals surface area contributed by atoms with Crippen LogP contribution in [0.3, 0.4) is 0 Å². The molecule has 0 aromatic carbocycles. The molecule has 0 spiro atoms. The van der Waals surface area contributed by atoms with E-state index < -0.39 is 5.97 Å².